The quantitative estimate of drug-likeness (QED) is 0.723. The van der Waals surface area contributed by atoms with Gasteiger partial charge in [-0.3, -0.25) is 4.90 Å². The van der Waals surface area contributed by atoms with Crippen molar-refractivity contribution in [2.75, 3.05) is 45.1 Å². The Bertz CT molecular complexity index is 587. The highest BCUT2D eigenvalue weighted by Gasteiger charge is 2.26. The molecule has 0 spiro atoms. The predicted octanol–water partition coefficient (Wildman–Crippen LogP) is 1.95. The molecule has 0 aromatic heterocycles. The van der Waals surface area contributed by atoms with Crippen LogP contribution in [0.4, 0.5) is 4.39 Å². The summed E-state index contributed by atoms with van der Waals surface area (Å²) in [5, 5.41) is 0. The van der Waals surface area contributed by atoms with Crippen LogP contribution >= 0.6 is 0 Å². The number of ether oxygens (including phenoxy) is 1. The minimum absolute atomic E-state index is 0.236. The molecule has 1 aromatic rings. The lowest BCUT2D eigenvalue weighted by Gasteiger charge is -2.33. The number of halogens is 1. The summed E-state index contributed by atoms with van der Waals surface area (Å²) in [6.45, 7) is 5.46. The molecule has 0 N–H and O–H groups in total. The predicted molar refractivity (Wildman–Crippen MR) is 88.6 cm³/mol. The largest absolute Gasteiger partial charge is 0.489 e. The fraction of sp³-hybridized carbons (Fsp3) is 0.625. The van der Waals surface area contributed by atoms with Gasteiger partial charge in [-0.05, 0) is 18.6 Å². The molecule has 0 amide bonds. The van der Waals surface area contributed by atoms with E-state index in [9.17, 15) is 12.8 Å². The van der Waals surface area contributed by atoms with E-state index in [0.29, 0.717) is 45.8 Å². The monoisotopic (exact) mass is 344 g/mol. The first-order valence-corrected chi connectivity index (χ1v) is 9.71. The first-order valence-electron chi connectivity index (χ1n) is 8.10. The lowest BCUT2D eigenvalue weighted by atomic mass is 10.3. The molecule has 1 saturated heterocycles. The Morgan fingerprint density at radius 2 is 1.87 bits per heavy atom. The van der Waals surface area contributed by atoms with Gasteiger partial charge in [0.1, 0.15) is 6.61 Å². The van der Waals surface area contributed by atoms with Gasteiger partial charge in [-0.25, -0.2) is 12.8 Å². The van der Waals surface area contributed by atoms with Crippen LogP contribution in [0.1, 0.15) is 19.8 Å². The Kier molecular flexibility index (Phi) is 6.80. The van der Waals surface area contributed by atoms with Gasteiger partial charge in [-0.1, -0.05) is 25.5 Å². The van der Waals surface area contributed by atoms with E-state index in [-0.39, 0.29) is 17.3 Å². The molecule has 23 heavy (non-hydrogen) atoms. The third-order valence-corrected chi connectivity index (χ3v) is 5.94. The summed E-state index contributed by atoms with van der Waals surface area (Å²) in [4.78, 5) is 2.15. The molecule has 0 aliphatic carbocycles. The summed E-state index contributed by atoms with van der Waals surface area (Å²) >= 11 is 0. The van der Waals surface area contributed by atoms with E-state index >= 15 is 0 Å². The maximum absolute atomic E-state index is 13.4. The summed E-state index contributed by atoms with van der Waals surface area (Å²) in [5.74, 6) is 0.132. The summed E-state index contributed by atoms with van der Waals surface area (Å²) in [7, 11) is -3.11. The summed E-state index contributed by atoms with van der Waals surface area (Å²) in [5.41, 5.74) is 0. The van der Waals surface area contributed by atoms with Crippen molar-refractivity contribution in [1.82, 2.24) is 9.21 Å². The van der Waals surface area contributed by atoms with Crippen molar-refractivity contribution in [3.05, 3.63) is 30.1 Å². The molecule has 1 aromatic carbocycles. The maximum atomic E-state index is 13.4. The van der Waals surface area contributed by atoms with Crippen molar-refractivity contribution in [3.63, 3.8) is 0 Å². The molecule has 0 atom stereocenters. The third kappa shape index (κ3) is 5.44. The van der Waals surface area contributed by atoms with E-state index in [0.717, 1.165) is 6.42 Å². The number of sulfonamides is 1. The van der Waals surface area contributed by atoms with Crippen molar-refractivity contribution in [1.29, 1.82) is 0 Å². The molecule has 130 valence electrons. The highest BCUT2D eigenvalue weighted by Crippen LogP contribution is 2.15. The number of unbranched alkanes of at least 4 members (excludes halogenated alkanes) is 1. The van der Waals surface area contributed by atoms with Crippen LogP contribution in [0.15, 0.2) is 24.3 Å². The van der Waals surface area contributed by atoms with Gasteiger partial charge in [0.05, 0.1) is 5.75 Å². The standard InChI is InChI=1S/C16H25FN2O3S/c1-2-3-14-23(20,21)19-10-8-18(9-11-19)12-13-22-16-7-5-4-6-15(16)17/h4-7H,2-3,8-14H2,1H3. The zero-order valence-corrected chi connectivity index (χ0v) is 14.4. The normalized spacial score (nSPS) is 17.3. The fourth-order valence-corrected chi connectivity index (χ4v) is 4.16. The molecule has 5 nitrogen and oxygen atoms in total. The van der Waals surface area contributed by atoms with E-state index < -0.39 is 10.0 Å². The van der Waals surface area contributed by atoms with E-state index in [1.54, 1.807) is 22.5 Å². The van der Waals surface area contributed by atoms with Gasteiger partial charge in [-0.15, -0.1) is 0 Å². The Labute approximate surface area is 138 Å². The van der Waals surface area contributed by atoms with Crippen LogP contribution < -0.4 is 4.74 Å². The number of hydrogen-bond acceptors (Lipinski definition) is 4. The fourth-order valence-electron chi connectivity index (χ4n) is 2.53. The zero-order valence-electron chi connectivity index (χ0n) is 13.6. The van der Waals surface area contributed by atoms with Gasteiger partial charge < -0.3 is 4.74 Å². The number of rotatable bonds is 8. The van der Waals surface area contributed by atoms with Crippen LogP contribution in [0.3, 0.4) is 0 Å². The first kappa shape index (κ1) is 18.2. The van der Waals surface area contributed by atoms with Gasteiger partial charge in [0.15, 0.2) is 11.6 Å². The first-order chi connectivity index (χ1) is 11.0. The molecule has 1 fully saturated rings. The van der Waals surface area contributed by atoms with Crippen LogP contribution in [0.25, 0.3) is 0 Å². The van der Waals surface area contributed by atoms with Gasteiger partial charge in [0.25, 0.3) is 0 Å². The number of piperazine rings is 1. The Morgan fingerprint density at radius 3 is 2.52 bits per heavy atom. The van der Waals surface area contributed by atoms with Gasteiger partial charge in [0.2, 0.25) is 10.0 Å². The Hall–Kier alpha value is -1.18. The Balaban J connectivity index is 1.72. The van der Waals surface area contributed by atoms with Crippen molar-refractivity contribution in [2.45, 2.75) is 19.8 Å². The molecule has 1 aliphatic rings. The molecule has 1 heterocycles. The average molecular weight is 344 g/mol. The number of nitrogens with zero attached hydrogens (tertiary/aromatic N) is 2. The minimum atomic E-state index is -3.11. The number of benzene rings is 1. The van der Waals surface area contributed by atoms with Crippen molar-refractivity contribution in [2.24, 2.45) is 0 Å². The van der Waals surface area contributed by atoms with E-state index in [4.69, 9.17) is 4.74 Å². The van der Waals surface area contributed by atoms with Crippen LogP contribution in [-0.2, 0) is 10.0 Å². The second kappa shape index (κ2) is 8.61. The third-order valence-electron chi connectivity index (χ3n) is 3.98. The number of hydrogen-bond donors (Lipinski definition) is 0. The van der Waals surface area contributed by atoms with Crippen LogP contribution in [0.2, 0.25) is 0 Å². The smallest absolute Gasteiger partial charge is 0.214 e. The van der Waals surface area contributed by atoms with E-state index in [2.05, 4.69) is 4.90 Å². The summed E-state index contributed by atoms with van der Waals surface area (Å²) in [6.07, 6.45) is 1.59. The molecule has 0 bridgehead atoms. The zero-order chi connectivity index (χ0) is 16.7. The van der Waals surface area contributed by atoms with Crippen molar-refractivity contribution in [3.8, 4) is 5.75 Å². The molecule has 1 aliphatic heterocycles. The van der Waals surface area contributed by atoms with Gasteiger partial charge >= 0.3 is 0 Å². The highest BCUT2D eigenvalue weighted by atomic mass is 32.2. The van der Waals surface area contributed by atoms with Gasteiger partial charge in [0, 0.05) is 32.7 Å². The van der Waals surface area contributed by atoms with Crippen molar-refractivity contribution < 1.29 is 17.5 Å². The molecule has 0 radical (unpaired) electrons. The molecule has 0 saturated carbocycles. The van der Waals surface area contributed by atoms with Crippen molar-refractivity contribution >= 4 is 10.0 Å². The SMILES string of the molecule is CCCCS(=O)(=O)N1CCN(CCOc2ccccc2F)CC1. The van der Waals surface area contributed by atoms with Crippen LogP contribution in [-0.4, -0.2) is 62.7 Å². The van der Waals surface area contributed by atoms with Crippen LogP contribution in [0.5, 0.6) is 5.75 Å². The number of para-hydroxylation sites is 1. The lowest BCUT2D eigenvalue weighted by Crippen LogP contribution is -2.50. The lowest BCUT2D eigenvalue weighted by molar-refractivity contribution is 0.157. The molecule has 0 unspecified atom stereocenters. The summed E-state index contributed by atoms with van der Waals surface area (Å²) in [6, 6.07) is 6.33. The Morgan fingerprint density at radius 1 is 1.17 bits per heavy atom. The van der Waals surface area contributed by atoms with E-state index in [1.807, 2.05) is 6.92 Å². The molecule has 7 heteroatoms. The van der Waals surface area contributed by atoms with Gasteiger partial charge in [-0.2, -0.15) is 4.31 Å². The topological polar surface area (TPSA) is 49.9 Å². The minimum Gasteiger partial charge on any atom is -0.489 e. The molecular weight excluding hydrogens is 319 g/mol. The summed E-state index contributed by atoms with van der Waals surface area (Å²) < 4.78 is 44.7. The van der Waals surface area contributed by atoms with E-state index in [1.165, 1.54) is 6.07 Å². The van der Waals surface area contributed by atoms with Crippen LogP contribution in [0, 0.1) is 5.82 Å². The second-order valence-corrected chi connectivity index (χ2v) is 7.78. The molecule has 2 rings (SSSR count). The highest BCUT2D eigenvalue weighted by molar-refractivity contribution is 7.89. The second-order valence-electron chi connectivity index (χ2n) is 5.69. The average Bonchev–Trinajstić information content (AvgIpc) is 2.55. The molecular formula is C16H25FN2O3S. The maximum Gasteiger partial charge on any atom is 0.214 e.